The van der Waals surface area contributed by atoms with Gasteiger partial charge in [0, 0.05) is 18.0 Å². The predicted molar refractivity (Wildman–Crippen MR) is 110 cm³/mol. The van der Waals surface area contributed by atoms with Gasteiger partial charge in [0.2, 0.25) is 0 Å². The van der Waals surface area contributed by atoms with E-state index < -0.39 is 15.4 Å². The summed E-state index contributed by atoms with van der Waals surface area (Å²) in [5.41, 5.74) is -0.0684. The van der Waals surface area contributed by atoms with Crippen molar-refractivity contribution in [2.45, 2.75) is 45.6 Å². The lowest BCUT2D eigenvalue weighted by molar-refractivity contribution is 0.0446. The molecule has 0 aliphatic heterocycles. The van der Waals surface area contributed by atoms with E-state index in [9.17, 15) is 18.3 Å². The Morgan fingerprint density at radius 1 is 1.32 bits per heavy atom. The lowest BCUT2D eigenvalue weighted by atomic mass is 9.64. The molecule has 8 heteroatoms. The Bertz CT molecular complexity index is 794. The summed E-state index contributed by atoms with van der Waals surface area (Å²) in [6, 6.07) is 6.40. The Morgan fingerprint density at radius 3 is 2.64 bits per heavy atom. The van der Waals surface area contributed by atoms with Crippen molar-refractivity contribution in [1.29, 1.82) is 0 Å². The van der Waals surface area contributed by atoms with E-state index in [4.69, 9.17) is 4.74 Å². The highest BCUT2D eigenvalue weighted by atomic mass is 32.2. The van der Waals surface area contributed by atoms with Crippen molar-refractivity contribution in [1.82, 2.24) is 5.32 Å². The second-order valence-electron chi connectivity index (χ2n) is 8.88. The van der Waals surface area contributed by atoms with Gasteiger partial charge in [-0.15, -0.1) is 0 Å². The molecule has 1 aliphatic carbocycles. The molecule has 0 unspecified atom stereocenters. The molecule has 3 N–H and O–H groups in total. The summed E-state index contributed by atoms with van der Waals surface area (Å²) < 4.78 is 27.8. The molecule has 0 radical (unpaired) electrons. The number of aliphatic hydroxyl groups is 1. The number of ether oxygens (including phenoxy) is 1. The van der Waals surface area contributed by atoms with Crippen LogP contribution in [-0.4, -0.2) is 50.3 Å². The van der Waals surface area contributed by atoms with Gasteiger partial charge < -0.3 is 20.5 Å². The van der Waals surface area contributed by atoms with E-state index in [1.807, 2.05) is 0 Å². The number of urea groups is 1. The summed E-state index contributed by atoms with van der Waals surface area (Å²) in [5.74, 6) is 0.812. The maximum atomic E-state index is 12.6. The zero-order valence-corrected chi connectivity index (χ0v) is 17.9. The van der Waals surface area contributed by atoms with Gasteiger partial charge in [0.05, 0.1) is 17.9 Å². The van der Waals surface area contributed by atoms with Crippen molar-refractivity contribution in [2.24, 2.45) is 11.3 Å². The summed E-state index contributed by atoms with van der Waals surface area (Å²) in [6.07, 6.45) is 3.66. The van der Waals surface area contributed by atoms with Crippen LogP contribution in [0.4, 0.5) is 10.5 Å². The molecule has 0 aromatic heterocycles. The molecule has 1 aromatic carbocycles. The number of carbonyl (C=O) groups excluding carboxylic acids is 1. The summed E-state index contributed by atoms with van der Waals surface area (Å²) in [5, 5.41) is 15.8. The first kappa shape index (κ1) is 22.5. The van der Waals surface area contributed by atoms with Crippen molar-refractivity contribution in [3.63, 3.8) is 0 Å². The molecule has 2 amide bonds. The normalized spacial score (nSPS) is 24.4. The average molecular weight is 413 g/mol. The van der Waals surface area contributed by atoms with E-state index in [0.29, 0.717) is 23.8 Å². The molecular formula is C20H32N2O5S. The topological polar surface area (TPSA) is 105 Å². The third kappa shape index (κ3) is 6.98. The number of hydrogen-bond acceptors (Lipinski definition) is 5. The number of benzene rings is 1. The van der Waals surface area contributed by atoms with E-state index >= 15 is 0 Å². The maximum absolute atomic E-state index is 12.6. The second kappa shape index (κ2) is 8.69. The number of amides is 2. The van der Waals surface area contributed by atoms with E-state index in [1.54, 1.807) is 24.3 Å². The number of anilines is 1. The highest BCUT2D eigenvalue weighted by Gasteiger charge is 2.43. The van der Waals surface area contributed by atoms with Gasteiger partial charge in [-0.25, -0.2) is 13.2 Å². The molecule has 1 fully saturated rings. The average Bonchev–Trinajstić information content (AvgIpc) is 2.51. The van der Waals surface area contributed by atoms with E-state index in [2.05, 4.69) is 31.4 Å². The molecule has 2 rings (SSSR count). The molecule has 158 valence electrons. The molecule has 0 heterocycles. The van der Waals surface area contributed by atoms with Gasteiger partial charge in [-0.3, -0.25) is 0 Å². The van der Waals surface area contributed by atoms with Gasteiger partial charge >= 0.3 is 6.03 Å². The van der Waals surface area contributed by atoms with Crippen molar-refractivity contribution < 1.29 is 23.1 Å². The van der Waals surface area contributed by atoms with Gasteiger partial charge in [0.25, 0.3) is 0 Å². The number of aliphatic hydroxyl groups excluding tert-OH is 1. The van der Waals surface area contributed by atoms with E-state index in [-0.39, 0.29) is 30.4 Å². The number of carbonyl (C=O) groups is 1. The third-order valence-corrected chi connectivity index (χ3v) is 5.86. The monoisotopic (exact) mass is 412 g/mol. The van der Waals surface area contributed by atoms with Crippen LogP contribution in [0.2, 0.25) is 0 Å². The highest BCUT2D eigenvalue weighted by molar-refractivity contribution is 7.90. The molecule has 1 aliphatic rings. The maximum Gasteiger partial charge on any atom is 0.319 e. The fourth-order valence-corrected chi connectivity index (χ4v) is 4.76. The van der Waals surface area contributed by atoms with Crippen molar-refractivity contribution >= 4 is 21.6 Å². The Morgan fingerprint density at radius 2 is 2.04 bits per heavy atom. The quantitative estimate of drug-likeness (QED) is 0.639. The van der Waals surface area contributed by atoms with E-state index in [1.165, 1.54) is 0 Å². The first-order chi connectivity index (χ1) is 12.9. The second-order valence-corrected chi connectivity index (χ2v) is 11.1. The molecule has 1 saturated carbocycles. The standard InChI is InChI=1S/C20H32N2O5S/c1-15-11-19(2,3)13-20(12-15,14-23)22-18(24)21-16-6-5-7-17(10-16)27-8-9-28(4,25)26/h5-7,10,15,23H,8-9,11-14H2,1-4H3,(H2,21,22,24)/t15-,20-/m0/s1. The number of hydrogen-bond donors (Lipinski definition) is 3. The van der Waals surface area contributed by atoms with Crippen molar-refractivity contribution in [3.05, 3.63) is 24.3 Å². The Hall–Kier alpha value is -1.80. The SMILES string of the molecule is C[C@H]1CC(C)(C)C[C@@](CO)(NC(=O)Nc2cccc(OCCS(C)(=O)=O)c2)C1. The van der Waals surface area contributed by atoms with Crippen molar-refractivity contribution in [2.75, 3.05) is 30.5 Å². The number of sulfone groups is 1. The van der Waals surface area contributed by atoms with Crippen LogP contribution in [0.15, 0.2) is 24.3 Å². The van der Waals surface area contributed by atoms with Gasteiger partial charge in [-0.2, -0.15) is 0 Å². The molecule has 1 aromatic rings. The van der Waals surface area contributed by atoms with Crippen LogP contribution < -0.4 is 15.4 Å². The summed E-state index contributed by atoms with van der Waals surface area (Å²) in [4.78, 5) is 12.6. The smallest absolute Gasteiger partial charge is 0.319 e. The minimum Gasteiger partial charge on any atom is -0.492 e. The van der Waals surface area contributed by atoms with Crippen LogP contribution in [0.3, 0.4) is 0 Å². The van der Waals surface area contributed by atoms with Gasteiger partial charge in [-0.1, -0.05) is 26.8 Å². The van der Waals surface area contributed by atoms with Crippen LogP contribution in [0.5, 0.6) is 5.75 Å². The highest BCUT2D eigenvalue weighted by Crippen LogP contribution is 2.43. The minimum absolute atomic E-state index is 0.0427. The zero-order chi connectivity index (χ0) is 21.0. The predicted octanol–water partition coefficient (Wildman–Crippen LogP) is 2.81. The Kier molecular flexibility index (Phi) is 6.98. The molecule has 7 nitrogen and oxygen atoms in total. The number of nitrogens with one attached hydrogen (secondary N) is 2. The lowest BCUT2D eigenvalue weighted by Gasteiger charge is -2.47. The van der Waals surface area contributed by atoms with Crippen LogP contribution in [0.25, 0.3) is 0 Å². The minimum atomic E-state index is -3.09. The van der Waals surface area contributed by atoms with Crippen LogP contribution in [0.1, 0.15) is 40.0 Å². The first-order valence-electron chi connectivity index (χ1n) is 9.53. The van der Waals surface area contributed by atoms with Crippen molar-refractivity contribution in [3.8, 4) is 5.75 Å². The van der Waals surface area contributed by atoms with Crippen LogP contribution in [-0.2, 0) is 9.84 Å². The molecular weight excluding hydrogens is 380 g/mol. The summed E-state index contributed by atoms with van der Waals surface area (Å²) in [6.45, 7) is 6.40. The molecule has 28 heavy (non-hydrogen) atoms. The molecule has 2 atom stereocenters. The fourth-order valence-electron chi connectivity index (χ4n) is 4.38. The first-order valence-corrected chi connectivity index (χ1v) is 11.6. The lowest BCUT2D eigenvalue weighted by Crippen LogP contribution is -2.58. The van der Waals surface area contributed by atoms with Gasteiger partial charge in [0.1, 0.15) is 12.4 Å². The van der Waals surface area contributed by atoms with E-state index in [0.717, 1.165) is 19.1 Å². The summed E-state index contributed by atoms with van der Waals surface area (Å²) in [7, 11) is -3.09. The largest absolute Gasteiger partial charge is 0.492 e. The zero-order valence-electron chi connectivity index (χ0n) is 17.1. The van der Waals surface area contributed by atoms with Crippen LogP contribution >= 0.6 is 0 Å². The molecule has 0 spiro atoms. The molecule has 0 saturated heterocycles. The van der Waals surface area contributed by atoms with Gasteiger partial charge in [0.15, 0.2) is 9.84 Å². The number of rotatable bonds is 7. The van der Waals surface area contributed by atoms with Gasteiger partial charge in [-0.05, 0) is 42.7 Å². The van der Waals surface area contributed by atoms with Crippen LogP contribution in [0, 0.1) is 11.3 Å². The summed E-state index contributed by atoms with van der Waals surface area (Å²) >= 11 is 0. The third-order valence-electron chi connectivity index (χ3n) is 4.95. The molecule has 0 bridgehead atoms. The Balaban J connectivity index is 1.99. The fraction of sp³-hybridized carbons (Fsp3) is 0.650. The Labute approximate surface area is 167 Å².